The summed E-state index contributed by atoms with van der Waals surface area (Å²) in [6.07, 6.45) is 4.46. The molecule has 0 heterocycles. The Balaban J connectivity index is 1.80. The van der Waals surface area contributed by atoms with E-state index in [1.807, 2.05) is 0 Å². The monoisotopic (exact) mass is 276 g/mol. The van der Waals surface area contributed by atoms with E-state index < -0.39 is 10.8 Å². The Hall–Kier alpha value is -2.11. The predicted octanol–water partition coefficient (Wildman–Crippen LogP) is 2.22. The van der Waals surface area contributed by atoms with Crippen molar-refractivity contribution in [2.75, 3.05) is 0 Å². The summed E-state index contributed by atoms with van der Waals surface area (Å²) in [4.78, 5) is 22.6. The minimum absolute atomic E-state index is 0.0715. The third kappa shape index (κ3) is 2.21. The van der Waals surface area contributed by atoms with Crippen molar-refractivity contribution in [2.24, 2.45) is 11.8 Å². The lowest BCUT2D eigenvalue weighted by Gasteiger charge is -2.22. The Kier molecular flexibility index (Phi) is 3.08. The number of carbonyl (C=O) groups excluding carboxylic acids is 1. The zero-order chi connectivity index (χ0) is 14.3. The average molecular weight is 276 g/mol. The number of hydrogen-bond donors (Lipinski definition) is 2. The second-order valence-electron chi connectivity index (χ2n) is 5.71. The molecule has 3 unspecified atom stereocenters. The van der Waals surface area contributed by atoms with Crippen molar-refractivity contribution < 1.29 is 14.8 Å². The topological polar surface area (TPSA) is 92.5 Å². The van der Waals surface area contributed by atoms with Crippen LogP contribution in [0.3, 0.4) is 0 Å². The van der Waals surface area contributed by atoms with Gasteiger partial charge in [0.2, 0.25) is 0 Å². The van der Waals surface area contributed by atoms with E-state index in [0.717, 1.165) is 31.4 Å². The van der Waals surface area contributed by atoms with Crippen molar-refractivity contribution in [2.45, 2.75) is 31.7 Å². The van der Waals surface area contributed by atoms with Gasteiger partial charge in [0.1, 0.15) is 11.3 Å². The van der Waals surface area contributed by atoms with Crippen molar-refractivity contribution in [1.82, 2.24) is 5.32 Å². The fraction of sp³-hybridized carbons (Fsp3) is 0.500. The van der Waals surface area contributed by atoms with E-state index in [1.165, 1.54) is 12.5 Å². The molecule has 106 valence electrons. The van der Waals surface area contributed by atoms with Crippen molar-refractivity contribution in [3.05, 3.63) is 33.9 Å². The third-order valence-electron chi connectivity index (χ3n) is 4.48. The SMILES string of the molecule is O=C(NC1CC2CCC1C2)c1cc(O)ccc1[N+](=O)[O-]. The molecule has 1 aromatic rings. The molecular weight excluding hydrogens is 260 g/mol. The minimum Gasteiger partial charge on any atom is -0.508 e. The van der Waals surface area contributed by atoms with E-state index >= 15 is 0 Å². The summed E-state index contributed by atoms with van der Waals surface area (Å²) >= 11 is 0. The summed E-state index contributed by atoms with van der Waals surface area (Å²) in [7, 11) is 0. The summed E-state index contributed by atoms with van der Waals surface area (Å²) in [6.45, 7) is 0. The van der Waals surface area contributed by atoms with E-state index in [1.54, 1.807) is 0 Å². The zero-order valence-electron chi connectivity index (χ0n) is 10.9. The van der Waals surface area contributed by atoms with Crippen LogP contribution in [0.2, 0.25) is 0 Å². The van der Waals surface area contributed by atoms with Gasteiger partial charge in [-0.05, 0) is 43.2 Å². The van der Waals surface area contributed by atoms with Crippen LogP contribution in [0.5, 0.6) is 5.75 Å². The molecule has 20 heavy (non-hydrogen) atoms. The van der Waals surface area contributed by atoms with Crippen LogP contribution in [-0.4, -0.2) is 22.0 Å². The number of amides is 1. The van der Waals surface area contributed by atoms with Crippen LogP contribution in [0.4, 0.5) is 5.69 Å². The number of nitro groups is 1. The Morgan fingerprint density at radius 3 is 2.75 bits per heavy atom. The molecule has 0 saturated heterocycles. The lowest BCUT2D eigenvalue weighted by Crippen LogP contribution is -2.38. The number of carbonyl (C=O) groups is 1. The van der Waals surface area contributed by atoms with E-state index in [0.29, 0.717) is 11.8 Å². The predicted molar refractivity (Wildman–Crippen MR) is 71.5 cm³/mol. The van der Waals surface area contributed by atoms with Crippen LogP contribution < -0.4 is 5.32 Å². The second kappa shape index (κ2) is 4.77. The molecule has 2 aliphatic rings. The van der Waals surface area contributed by atoms with Crippen molar-refractivity contribution >= 4 is 11.6 Å². The van der Waals surface area contributed by atoms with Crippen LogP contribution in [0.1, 0.15) is 36.0 Å². The Morgan fingerprint density at radius 1 is 1.35 bits per heavy atom. The lowest BCUT2D eigenvalue weighted by atomic mass is 9.95. The molecule has 1 aromatic carbocycles. The second-order valence-corrected chi connectivity index (χ2v) is 5.71. The average Bonchev–Trinajstić information content (AvgIpc) is 3.00. The largest absolute Gasteiger partial charge is 0.508 e. The highest BCUT2D eigenvalue weighted by Crippen LogP contribution is 2.44. The highest BCUT2D eigenvalue weighted by Gasteiger charge is 2.40. The first-order valence-corrected chi connectivity index (χ1v) is 6.83. The molecule has 6 heteroatoms. The normalized spacial score (nSPS) is 27.5. The molecular formula is C14H16N2O4. The molecule has 0 aromatic heterocycles. The first-order chi connectivity index (χ1) is 9.54. The van der Waals surface area contributed by atoms with Gasteiger partial charge in [0.15, 0.2) is 0 Å². The zero-order valence-corrected chi connectivity index (χ0v) is 10.9. The van der Waals surface area contributed by atoms with Crippen molar-refractivity contribution in [3.63, 3.8) is 0 Å². The molecule has 1 amide bonds. The molecule has 2 saturated carbocycles. The van der Waals surface area contributed by atoms with E-state index in [-0.39, 0.29) is 23.0 Å². The maximum Gasteiger partial charge on any atom is 0.282 e. The third-order valence-corrected chi connectivity index (χ3v) is 4.48. The first-order valence-electron chi connectivity index (χ1n) is 6.83. The van der Waals surface area contributed by atoms with Gasteiger partial charge in [-0.15, -0.1) is 0 Å². The lowest BCUT2D eigenvalue weighted by molar-refractivity contribution is -0.385. The number of benzene rings is 1. The summed E-state index contributed by atoms with van der Waals surface area (Å²) in [6, 6.07) is 3.64. The highest BCUT2D eigenvalue weighted by molar-refractivity contribution is 5.98. The molecule has 2 fully saturated rings. The van der Waals surface area contributed by atoms with E-state index in [4.69, 9.17) is 0 Å². The summed E-state index contributed by atoms with van der Waals surface area (Å²) in [5.74, 6) is 0.573. The van der Waals surface area contributed by atoms with Crippen LogP contribution >= 0.6 is 0 Å². The molecule has 6 nitrogen and oxygen atoms in total. The number of hydrogen-bond acceptors (Lipinski definition) is 4. The van der Waals surface area contributed by atoms with E-state index in [9.17, 15) is 20.0 Å². The molecule has 2 N–H and O–H groups in total. The van der Waals surface area contributed by atoms with Gasteiger partial charge in [-0.3, -0.25) is 14.9 Å². The number of nitrogens with one attached hydrogen (secondary N) is 1. The van der Waals surface area contributed by atoms with Crippen LogP contribution in [0.25, 0.3) is 0 Å². The van der Waals surface area contributed by atoms with Gasteiger partial charge in [0.25, 0.3) is 11.6 Å². The van der Waals surface area contributed by atoms with Gasteiger partial charge in [0, 0.05) is 12.1 Å². The molecule has 0 spiro atoms. The van der Waals surface area contributed by atoms with Crippen LogP contribution in [0, 0.1) is 22.0 Å². The number of nitro benzene ring substituents is 1. The molecule has 3 rings (SSSR count). The minimum atomic E-state index is -0.602. The van der Waals surface area contributed by atoms with Gasteiger partial charge in [-0.1, -0.05) is 6.42 Å². The summed E-state index contributed by atoms with van der Waals surface area (Å²) < 4.78 is 0. The quantitative estimate of drug-likeness (QED) is 0.654. The van der Waals surface area contributed by atoms with Gasteiger partial charge >= 0.3 is 0 Å². The number of phenolic OH excluding ortho intramolecular Hbond substituents is 1. The molecule has 0 radical (unpaired) electrons. The summed E-state index contributed by atoms with van der Waals surface area (Å²) in [5.41, 5.74) is -0.346. The van der Waals surface area contributed by atoms with Crippen LogP contribution in [0.15, 0.2) is 18.2 Å². The van der Waals surface area contributed by atoms with Gasteiger partial charge in [0.05, 0.1) is 4.92 Å². The number of fused-ring (bicyclic) bond motifs is 2. The maximum absolute atomic E-state index is 12.2. The number of nitrogens with zero attached hydrogens (tertiary/aromatic N) is 1. The molecule has 3 atom stereocenters. The maximum atomic E-state index is 12.2. The fourth-order valence-electron chi connectivity index (χ4n) is 3.53. The van der Waals surface area contributed by atoms with Gasteiger partial charge < -0.3 is 10.4 Å². The first kappa shape index (κ1) is 12.9. The van der Waals surface area contributed by atoms with Crippen molar-refractivity contribution in [3.8, 4) is 5.75 Å². The van der Waals surface area contributed by atoms with Gasteiger partial charge in [-0.25, -0.2) is 0 Å². The Bertz CT molecular complexity index is 572. The standard InChI is InChI=1S/C14H16N2O4/c17-10-3-4-13(16(19)20)11(7-10)14(18)15-12-6-8-1-2-9(12)5-8/h3-4,7-9,12,17H,1-2,5-6H2,(H,15,18). The number of aromatic hydroxyl groups is 1. The molecule has 0 aliphatic heterocycles. The van der Waals surface area contributed by atoms with E-state index in [2.05, 4.69) is 5.32 Å². The Morgan fingerprint density at radius 2 is 2.15 bits per heavy atom. The van der Waals surface area contributed by atoms with Crippen LogP contribution in [-0.2, 0) is 0 Å². The number of rotatable bonds is 3. The van der Waals surface area contributed by atoms with Gasteiger partial charge in [-0.2, -0.15) is 0 Å². The molecule has 2 bridgehead atoms. The van der Waals surface area contributed by atoms with Crippen molar-refractivity contribution in [1.29, 1.82) is 0 Å². The summed E-state index contributed by atoms with van der Waals surface area (Å²) in [5, 5.41) is 23.3. The fourth-order valence-corrected chi connectivity index (χ4v) is 3.53. The molecule has 2 aliphatic carbocycles. The Labute approximate surface area is 115 Å². The smallest absolute Gasteiger partial charge is 0.282 e. The number of phenols is 1. The highest BCUT2D eigenvalue weighted by atomic mass is 16.6.